The van der Waals surface area contributed by atoms with Crippen LogP contribution in [0, 0.1) is 32.8 Å². The first-order valence-corrected chi connectivity index (χ1v) is 5.15. The van der Waals surface area contributed by atoms with Gasteiger partial charge in [0.25, 0.3) is 5.69 Å². The smallest absolute Gasteiger partial charge is 0.289 e. The molecule has 1 heterocycles. The number of anilines is 1. The molecule has 0 aromatic carbocycles. The van der Waals surface area contributed by atoms with Crippen LogP contribution in [0.25, 0.3) is 0 Å². The van der Waals surface area contributed by atoms with Gasteiger partial charge in [0.15, 0.2) is 0 Å². The molecule has 0 saturated heterocycles. The highest BCUT2D eigenvalue weighted by molar-refractivity contribution is 5.57. The third-order valence-corrected chi connectivity index (χ3v) is 2.57. The molecule has 1 rings (SSSR count). The Balaban J connectivity index is 3.15. The largest absolute Gasteiger partial charge is 0.355 e. The van der Waals surface area contributed by atoms with Crippen LogP contribution in [0.4, 0.5) is 11.5 Å². The minimum atomic E-state index is -0.601. The Morgan fingerprint density at radius 3 is 2.78 bits per heavy atom. The molecule has 0 radical (unpaired) electrons. The maximum absolute atomic E-state index is 10.6. The van der Waals surface area contributed by atoms with Gasteiger partial charge in [-0.3, -0.25) is 10.1 Å². The van der Waals surface area contributed by atoms with Crippen molar-refractivity contribution in [2.75, 3.05) is 11.9 Å². The molecule has 0 N–H and O–H groups in total. The van der Waals surface area contributed by atoms with E-state index in [2.05, 4.69) is 4.98 Å². The maximum Gasteiger partial charge on any atom is 0.289 e. The molecule has 0 amide bonds. The van der Waals surface area contributed by atoms with Gasteiger partial charge in [-0.05, 0) is 6.92 Å². The second-order valence-corrected chi connectivity index (χ2v) is 3.76. The summed E-state index contributed by atoms with van der Waals surface area (Å²) in [7, 11) is 1.69. The minimum absolute atomic E-state index is 0.122. The van der Waals surface area contributed by atoms with E-state index in [4.69, 9.17) is 10.5 Å². The molecule has 1 unspecified atom stereocenters. The summed E-state index contributed by atoms with van der Waals surface area (Å²) in [6, 6.07) is 4.95. The number of pyridine rings is 1. The number of nitriles is 2. The second-order valence-electron chi connectivity index (χ2n) is 3.76. The number of nitrogens with zero attached hydrogens (tertiary/aromatic N) is 5. The van der Waals surface area contributed by atoms with Gasteiger partial charge in [0, 0.05) is 19.2 Å². The Morgan fingerprint density at radius 2 is 2.28 bits per heavy atom. The van der Waals surface area contributed by atoms with Crippen molar-refractivity contribution in [3.05, 3.63) is 27.9 Å². The van der Waals surface area contributed by atoms with Gasteiger partial charge >= 0.3 is 0 Å². The molecule has 1 atom stereocenters. The molecule has 7 nitrogen and oxygen atoms in total. The first-order chi connectivity index (χ1) is 8.51. The quantitative estimate of drug-likeness (QED) is 0.589. The van der Waals surface area contributed by atoms with Crippen LogP contribution in [0.1, 0.15) is 18.9 Å². The van der Waals surface area contributed by atoms with Crippen LogP contribution in [0.3, 0.4) is 0 Å². The third-order valence-electron chi connectivity index (χ3n) is 2.57. The summed E-state index contributed by atoms with van der Waals surface area (Å²) >= 11 is 0. The SMILES string of the molecule is CC(CC#N)N(C)c1ncc([N+](=O)[O-])cc1C#N. The number of hydrogen-bond donors (Lipinski definition) is 0. The highest BCUT2D eigenvalue weighted by Gasteiger charge is 2.18. The molecule has 0 saturated carbocycles. The van der Waals surface area contributed by atoms with Crippen LogP contribution in [-0.2, 0) is 0 Å². The lowest BCUT2D eigenvalue weighted by Gasteiger charge is -2.24. The van der Waals surface area contributed by atoms with Gasteiger partial charge in [-0.25, -0.2) is 4.98 Å². The summed E-state index contributed by atoms with van der Waals surface area (Å²) in [6.07, 6.45) is 1.38. The Kier molecular flexibility index (Phi) is 4.16. The van der Waals surface area contributed by atoms with Crippen LogP contribution in [0.5, 0.6) is 0 Å². The fourth-order valence-corrected chi connectivity index (χ4v) is 1.39. The highest BCUT2D eigenvalue weighted by atomic mass is 16.6. The zero-order chi connectivity index (χ0) is 13.7. The van der Waals surface area contributed by atoms with Crippen LogP contribution in [-0.4, -0.2) is 23.0 Å². The first-order valence-electron chi connectivity index (χ1n) is 5.15. The molecule has 1 aromatic heterocycles. The van der Waals surface area contributed by atoms with E-state index in [-0.39, 0.29) is 23.7 Å². The monoisotopic (exact) mass is 245 g/mol. The molecule has 0 aliphatic carbocycles. The van der Waals surface area contributed by atoms with E-state index in [9.17, 15) is 10.1 Å². The van der Waals surface area contributed by atoms with Gasteiger partial charge in [0.1, 0.15) is 23.6 Å². The van der Waals surface area contributed by atoms with Crippen molar-refractivity contribution in [3.8, 4) is 12.1 Å². The van der Waals surface area contributed by atoms with Gasteiger partial charge in [-0.1, -0.05) is 0 Å². The Morgan fingerprint density at radius 1 is 1.61 bits per heavy atom. The van der Waals surface area contributed by atoms with E-state index in [1.807, 2.05) is 19.1 Å². The molecule has 18 heavy (non-hydrogen) atoms. The van der Waals surface area contributed by atoms with Gasteiger partial charge in [-0.15, -0.1) is 0 Å². The van der Waals surface area contributed by atoms with Gasteiger partial charge in [0.2, 0.25) is 0 Å². The van der Waals surface area contributed by atoms with E-state index in [1.54, 1.807) is 11.9 Å². The number of hydrogen-bond acceptors (Lipinski definition) is 6. The minimum Gasteiger partial charge on any atom is -0.355 e. The molecule has 0 aliphatic heterocycles. The van der Waals surface area contributed by atoms with Crippen molar-refractivity contribution >= 4 is 11.5 Å². The molecule has 7 heteroatoms. The molecule has 92 valence electrons. The van der Waals surface area contributed by atoms with Crippen molar-refractivity contribution < 1.29 is 4.92 Å². The van der Waals surface area contributed by atoms with E-state index >= 15 is 0 Å². The highest BCUT2D eigenvalue weighted by Crippen LogP contribution is 2.22. The number of rotatable bonds is 4. The molecule has 0 fully saturated rings. The number of nitro groups is 1. The molecule has 0 aliphatic rings. The third kappa shape index (κ3) is 2.71. The van der Waals surface area contributed by atoms with Crippen molar-refractivity contribution in [1.82, 2.24) is 4.98 Å². The van der Waals surface area contributed by atoms with Crippen LogP contribution in [0.2, 0.25) is 0 Å². The van der Waals surface area contributed by atoms with Crippen molar-refractivity contribution in [1.29, 1.82) is 10.5 Å². The first kappa shape index (κ1) is 13.4. The fraction of sp³-hybridized carbons (Fsp3) is 0.364. The molecule has 0 spiro atoms. The average molecular weight is 245 g/mol. The molecule has 0 bridgehead atoms. The summed E-state index contributed by atoms with van der Waals surface area (Å²) in [5.41, 5.74) is -0.104. The predicted octanol–water partition coefficient (Wildman–Crippen LogP) is 1.60. The van der Waals surface area contributed by atoms with Gasteiger partial charge in [0.05, 0.1) is 17.4 Å². The lowest BCUT2D eigenvalue weighted by molar-refractivity contribution is -0.385. The Labute approximate surface area is 104 Å². The molecular formula is C11H11N5O2. The topological polar surface area (TPSA) is 107 Å². The van der Waals surface area contributed by atoms with E-state index < -0.39 is 4.92 Å². The lowest BCUT2D eigenvalue weighted by Crippen LogP contribution is -2.29. The summed E-state index contributed by atoms with van der Waals surface area (Å²) in [5.74, 6) is 0.339. The predicted molar refractivity (Wildman–Crippen MR) is 63.7 cm³/mol. The number of aromatic nitrogens is 1. The van der Waals surface area contributed by atoms with Crippen LogP contribution < -0.4 is 4.90 Å². The van der Waals surface area contributed by atoms with E-state index in [1.165, 1.54) is 6.07 Å². The van der Waals surface area contributed by atoms with E-state index in [0.717, 1.165) is 6.20 Å². The van der Waals surface area contributed by atoms with Crippen LogP contribution in [0.15, 0.2) is 12.3 Å². The summed E-state index contributed by atoms with van der Waals surface area (Å²) in [4.78, 5) is 15.6. The van der Waals surface area contributed by atoms with Gasteiger partial charge < -0.3 is 4.90 Å². The Bertz CT molecular complexity index is 543. The summed E-state index contributed by atoms with van der Waals surface area (Å²) < 4.78 is 0. The zero-order valence-corrected chi connectivity index (χ0v) is 9.99. The molecular weight excluding hydrogens is 234 g/mol. The van der Waals surface area contributed by atoms with Crippen molar-refractivity contribution in [3.63, 3.8) is 0 Å². The van der Waals surface area contributed by atoms with Crippen LogP contribution >= 0.6 is 0 Å². The normalized spacial score (nSPS) is 11.1. The van der Waals surface area contributed by atoms with Crippen molar-refractivity contribution in [2.45, 2.75) is 19.4 Å². The molecule has 1 aromatic rings. The fourth-order valence-electron chi connectivity index (χ4n) is 1.39. The lowest BCUT2D eigenvalue weighted by atomic mass is 10.2. The van der Waals surface area contributed by atoms with Gasteiger partial charge in [-0.2, -0.15) is 10.5 Å². The second kappa shape index (κ2) is 5.60. The summed E-state index contributed by atoms with van der Waals surface area (Å²) in [6.45, 7) is 1.81. The maximum atomic E-state index is 10.6. The zero-order valence-electron chi connectivity index (χ0n) is 9.99. The average Bonchev–Trinajstić information content (AvgIpc) is 2.37. The Hall–Kier alpha value is -2.67. The summed E-state index contributed by atoms with van der Waals surface area (Å²) in [5, 5.41) is 28.2. The van der Waals surface area contributed by atoms with E-state index in [0.29, 0.717) is 5.82 Å². The standard InChI is InChI=1S/C11H11N5O2/c1-8(3-4-12)15(2)11-9(6-13)5-10(7-14-11)16(17)18/h5,7-8H,3H2,1-2H3. The van der Waals surface area contributed by atoms with Crippen molar-refractivity contribution in [2.24, 2.45) is 0 Å².